The molecule has 0 aliphatic rings. The molecule has 0 amide bonds. The molecule has 0 saturated heterocycles. The van der Waals surface area contributed by atoms with Crippen LogP contribution in [-0.4, -0.2) is 10.9 Å². The average molecular weight is 286 g/mol. The molecule has 1 heterocycles. The maximum atomic E-state index is 13.6. The third-order valence-corrected chi connectivity index (χ3v) is 3.19. The van der Waals surface area contributed by atoms with Crippen LogP contribution in [0.15, 0.2) is 22.7 Å². The van der Waals surface area contributed by atoms with Crippen LogP contribution < -0.4 is 0 Å². The fourth-order valence-electron chi connectivity index (χ4n) is 2.23. The summed E-state index contributed by atoms with van der Waals surface area (Å²) < 4.78 is 18.9. The van der Waals surface area contributed by atoms with E-state index in [-0.39, 0.29) is 17.8 Å². The fourth-order valence-corrected chi connectivity index (χ4v) is 2.23. The minimum atomic E-state index is -0.576. The molecule has 1 aromatic heterocycles. The molecule has 0 saturated carbocycles. The van der Waals surface area contributed by atoms with Gasteiger partial charge in [0.2, 0.25) is 0 Å². The quantitative estimate of drug-likeness (QED) is 0.790. The molecule has 2 aromatic rings. The van der Waals surface area contributed by atoms with Crippen LogP contribution in [0.4, 0.5) is 4.39 Å². The summed E-state index contributed by atoms with van der Waals surface area (Å²) >= 11 is 0. The van der Waals surface area contributed by atoms with Crippen molar-refractivity contribution >= 4 is 5.78 Å². The third-order valence-electron chi connectivity index (χ3n) is 3.19. The number of hydrogen-bond acceptors (Lipinski definition) is 4. The number of Topliss-reactive ketones (excluding diaryl/α,β-unsaturated/α-hetero) is 1. The SMILES string of the molecule is CCCc1noc(Cc2ccc(C#N)c(F)c2)c1C(C)=O. The van der Waals surface area contributed by atoms with Crippen molar-refractivity contribution in [3.05, 3.63) is 52.2 Å². The molecule has 0 N–H and O–H groups in total. The molecule has 1 aromatic carbocycles. The Hall–Kier alpha value is -2.48. The van der Waals surface area contributed by atoms with Gasteiger partial charge in [-0.3, -0.25) is 4.79 Å². The van der Waals surface area contributed by atoms with E-state index in [2.05, 4.69) is 5.16 Å². The standard InChI is InChI=1S/C16H15FN2O2/c1-3-4-14-16(10(2)20)15(21-19-14)8-11-5-6-12(9-18)13(17)7-11/h5-7H,3-4,8H2,1-2H3. The zero-order valence-electron chi connectivity index (χ0n) is 11.9. The summed E-state index contributed by atoms with van der Waals surface area (Å²) in [5.41, 5.74) is 1.76. The van der Waals surface area contributed by atoms with E-state index in [0.29, 0.717) is 29.0 Å². The minimum absolute atomic E-state index is 0.00483. The molecule has 0 aliphatic heterocycles. The molecule has 0 bridgehead atoms. The van der Waals surface area contributed by atoms with Crippen molar-refractivity contribution in [3.8, 4) is 6.07 Å². The van der Waals surface area contributed by atoms with E-state index in [1.54, 1.807) is 12.1 Å². The van der Waals surface area contributed by atoms with Crippen molar-refractivity contribution in [1.29, 1.82) is 5.26 Å². The lowest BCUT2D eigenvalue weighted by atomic mass is 10.0. The smallest absolute Gasteiger partial charge is 0.165 e. The highest BCUT2D eigenvalue weighted by atomic mass is 19.1. The number of hydrogen-bond donors (Lipinski definition) is 0. The highest BCUT2D eigenvalue weighted by molar-refractivity contribution is 5.96. The van der Waals surface area contributed by atoms with Crippen molar-refractivity contribution in [2.24, 2.45) is 0 Å². The Labute approximate surface area is 122 Å². The number of aryl methyl sites for hydroxylation is 1. The lowest BCUT2D eigenvalue weighted by molar-refractivity contribution is 0.101. The topological polar surface area (TPSA) is 66.9 Å². The molecule has 0 radical (unpaired) electrons. The Morgan fingerprint density at radius 1 is 1.48 bits per heavy atom. The lowest BCUT2D eigenvalue weighted by Gasteiger charge is -2.02. The maximum absolute atomic E-state index is 13.6. The monoisotopic (exact) mass is 286 g/mol. The zero-order valence-corrected chi connectivity index (χ0v) is 11.9. The van der Waals surface area contributed by atoms with Gasteiger partial charge in [-0.1, -0.05) is 24.6 Å². The van der Waals surface area contributed by atoms with Gasteiger partial charge in [-0.25, -0.2) is 4.39 Å². The van der Waals surface area contributed by atoms with Crippen LogP contribution >= 0.6 is 0 Å². The van der Waals surface area contributed by atoms with Crippen LogP contribution in [-0.2, 0) is 12.8 Å². The van der Waals surface area contributed by atoms with Crippen LogP contribution in [0.2, 0.25) is 0 Å². The Kier molecular flexibility index (Phi) is 4.49. The number of nitrogens with zero attached hydrogens (tertiary/aromatic N) is 2. The third kappa shape index (κ3) is 3.16. The van der Waals surface area contributed by atoms with E-state index >= 15 is 0 Å². The Morgan fingerprint density at radius 2 is 2.24 bits per heavy atom. The van der Waals surface area contributed by atoms with E-state index in [0.717, 1.165) is 6.42 Å². The Morgan fingerprint density at radius 3 is 2.81 bits per heavy atom. The van der Waals surface area contributed by atoms with E-state index in [1.807, 2.05) is 6.92 Å². The highest BCUT2D eigenvalue weighted by Gasteiger charge is 2.19. The van der Waals surface area contributed by atoms with Gasteiger partial charge < -0.3 is 4.52 Å². The number of carbonyl (C=O) groups excluding carboxylic acids is 1. The van der Waals surface area contributed by atoms with Crippen molar-refractivity contribution < 1.29 is 13.7 Å². The van der Waals surface area contributed by atoms with Gasteiger partial charge in [-0.15, -0.1) is 0 Å². The number of carbonyl (C=O) groups is 1. The highest BCUT2D eigenvalue weighted by Crippen LogP contribution is 2.21. The van der Waals surface area contributed by atoms with E-state index in [1.165, 1.54) is 19.1 Å². The number of nitriles is 1. The predicted molar refractivity (Wildman–Crippen MR) is 74.4 cm³/mol. The predicted octanol–water partition coefficient (Wildman–Crippen LogP) is 3.43. The van der Waals surface area contributed by atoms with Gasteiger partial charge in [-0.2, -0.15) is 5.26 Å². The second kappa shape index (κ2) is 6.31. The molecule has 0 fully saturated rings. The van der Waals surface area contributed by atoms with Gasteiger partial charge in [0.15, 0.2) is 11.5 Å². The van der Waals surface area contributed by atoms with Crippen molar-refractivity contribution in [2.75, 3.05) is 0 Å². The van der Waals surface area contributed by atoms with Gasteiger partial charge in [0.25, 0.3) is 0 Å². The van der Waals surface area contributed by atoms with Gasteiger partial charge in [0.1, 0.15) is 11.9 Å². The van der Waals surface area contributed by atoms with Gasteiger partial charge in [0.05, 0.1) is 16.8 Å². The number of halogens is 1. The summed E-state index contributed by atoms with van der Waals surface area (Å²) in [5.74, 6) is -0.244. The minimum Gasteiger partial charge on any atom is -0.360 e. The first-order valence-electron chi connectivity index (χ1n) is 6.73. The summed E-state index contributed by atoms with van der Waals surface area (Å²) in [6, 6.07) is 6.12. The van der Waals surface area contributed by atoms with Crippen molar-refractivity contribution in [3.63, 3.8) is 0 Å². The van der Waals surface area contributed by atoms with Gasteiger partial charge >= 0.3 is 0 Å². The summed E-state index contributed by atoms with van der Waals surface area (Å²) in [4.78, 5) is 11.8. The summed E-state index contributed by atoms with van der Waals surface area (Å²) in [5, 5.41) is 12.7. The molecular formula is C16H15FN2O2. The van der Waals surface area contributed by atoms with Crippen LogP contribution in [0.5, 0.6) is 0 Å². The molecule has 5 heteroatoms. The molecule has 0 spiro atoms. The van der Waals surface area contributed by atoms with Crippen LogP contribution in [0.1, 0.15) is 53.2 Å². The molecule has 0 atom stereocenters. The Bertz CT molecular complexity index is 714. The lowest BCUT2D eigenvalue weighted by Crippen LogP contribution is -2.02. The van der Waals surface area contributed by atoms with Crippen molar-refractivity contribution in [2.45, 2.75) is 33.1 Å². The maximum Gasteiger partial charge on any atom is 0.165 e. The van der Waals surface area contributed by atoms with Gasteiger partial charge in [0, 0.05) is 6.42 Å². The molecular weight excluding hydrogens is 271 g/mol. The molecule has 0 unspecified atom stereocenters. The number of ketones is 1. The summed E-state index contributed by atoms with van der Waals surface area (Å²) in [7, 11) is 0. The summed E-state index contributed by atoms with van der Waals surface area (Å²) in [6.07, 6.45) is 1.80. The second-order valence-corrected chi connectivity index (χ2v) is 4.84. The number of rotatable bonds is 5. The number of benzene rings is 1. The average Bonchev–Trinajstić information content (AvgIpc) is 2.82. The Balaban J connectivity index is 2.34. The van der Waals surface area contributed by atoms with Crippen LogP contribution in [0.3, 0.4) is 0 Å². The second-order valence-electron chi connectivity index (χ2n) is 4.84. The van der Waals surface area contributed by atoms with Crippen LogP contribution in [0.25, 0.3) is 0 Å². The molecule has 0 aliphatic carbocycles. The normalized spacial score (nSPS) is 10.4. The van der Waals surface area contributed by atoms with E-state index in [9.17, 15) is 9.18 Å². The van der Waals surface area contributed by atoms with E-state index < -0.39 is 5.82 Å². The molecule has 21 heavy (non-hydrogen) atoms. The summed E-state index contributed by atoms with van der Waals surface area (Å²) in [6.45, 7) is 3.46. The van der Waals surface area contributed by atoms with E-state index in [4.69, 9.17) is 9.78 Å². The molecule has 4 nitrogen and oxygen atoms in total. The number of aromatic nitrogens is 1. The molecule has 2 rings (SSSR count). The first kappa shape index (κ1) is 14.9. The first-order chi connectivity index (χ1) is 10.1. The zero-order chi connectivity index (χ0) is 15.4. The van der Waals surface area contributed by atoms with Crippen molar-refractivity contribution in [1.82, 2.24) is 5.16 Å². The first-order valence-corrected chi connectivity index (χ1v) is 6.73. The van der Waals surface area contributed by atoms with Crippen LogP contribution in [0, 0.1) is 17.1 Å². The largest absolute Gasteiger partial charge is 0.360 e. The molecule has 108 valence electrons. The fraction of sp³-hybridized carbons (Fsp3) is 0.312. The van der Waals surface area contributed by atoms with Gasteiger partial charge in [-0.05, 0) is 31.0 Å².